The number of benzene rings is 3. The smallest absolute Gasteiger partial charge is 0.243 e. The molecule has 3 aromatic rings. The van der Waals surface area contributed by atoms with E-state index in [4.69, 9.17) is 4.74 Å². The van der Waals surface area contributed by atoms with Crippen LogP contribution in [0.3, 0.4) is 0 Å². The number of hydrogen-bond acceptors (Lipinski definition) is 4. The normalized spacial score (nSPS) is 12.4. The molecule has 1 amide bonds. The van der Waals surface area contributed by atoms with Gasteiger partial charge in [0.2, 0.25) is 15.9 Å². The molecule has 1 atom stereocenters. The average molecular weight is 413 g/mol. The van der Waals surface area contributed by atoms with Gasteiger partial charge in [-0.15, -0.1) is 0 Å². The highest BCUT2D eigenvalue weighted by Crippen LogP contribution is 2.25. The van der Waals surface area contributed by atoms with Gasteiger partial charge in [0.25, 0.3) is 0 Å². The summed E-state index contributed by atoms with van der Waals surface area (Å²) in [6.45, 7) is 1.87. The van der Waals surface area contributed by atoms with Gasteiger partial charge in [-0.3, -0.25) is 9.10 Å². The Morgan fingerprint density at radius 2 is 1.76 bits per heavy atom. The molecule has 0 spiro atoms. The molecule has 0 aliphatic carbocycles. The minimum absolute atomic E-state index is 0.306. The number of sulfonamides is 1. The maximum Gasteiger partial charge on any atom is 0.243 e. The monoisotopic (exact) mass is 412 g/mol. The van der Waals surface area contributed by atoms with Crippen LogP contribution in [0.2, 0.25) is 0 Å². The van der Waals surface area contributed by atoms with Crippen molar-refractivity contribution in [2.75, 3.05) is 17.7 Å². The third-order valence-corrected chi connectivity index (χ3v) is 5.97. The van der Waals surface area contributed by atoms with E-state index < -0.39 is 16.1 Å². The van der Waals surface area contributed by atoms with Gasteiger partial charge in [0.05, 0.1) is 19.1 Å². The average Bonchev–Trinajstić information content (AvgIpc) is 2.71. The van der Waals surface area contributed by atoms with E-state index in [1.807, 2.05) is 42.5 Å². The first kappa shape index (κ1) is 20.7. The first-order valence-electron chi connectivity index (χ1n) is 9.19. The van der Waals surface area contributed by atoms with Crippen LogP contribution in [-0.2, 0) is 21.4 Å². The van der Waals surface area contributed by atoms with Crippen LogP contribution in [0.4, 0.5) is 5.69 Å². The van der Waals surface area contributed by atoms with E-state index in [9.17, 15) is 13.2 Å². The fraction of sp³-hybridized carbons (Fsp3) is 0.227. The fourth-order valence-electron chi connectivity index (χ4n) is 3.33. The van der Waals surface area contributed by atoms with Crippen LogP contribution in [0.25, 0.3) is 10.8 Å². The van der Waals surface area contributed by atoms with Crippen molar-refractivity contribution < 1.29 is 17.9 Å². The number of carbonyl (C=O) groups excluding carboxylic acids is 1. The van der Waals surface area contributed by atoms with E-state index in [1.165, 1.54) is 7.11 Å². The molecule has 0 unspecified atom stereocenters. The van der Waals surface area contributed by atoms with Crippen LogP contribution in [0.5, 0.6) is 5.75 Å². The van der Waals surface area contributed by atoms with Gasteiger partial charge in [-0.1, -0.05) is 48.5 Å². The second-order valence-electron chi connectivity index (χ2n) is 6.79. The van der Waals surface area contributed by atoms with Crippen LogP contribution in [-0.4, -0.2) is 33.7 Å². The van der Waals surface area contributed by atoms with Crippen molar-refractivity contribution >= 4 is 32.4 Å². The number of methoxy groups -OCH3 is 1. The Bertz CT molecular complexity index is 1120. The maximum absolute atomic E-state index is 12.8. The summed E-state index contributed by atoms with van der Waals surface area (Å²) >= 11 is 0. The molecule has 0 radical (unpaired) electrons. The standard InChI is InChI=1S/C22H24N2O4S/c1-16(24(29(3,26)27)19-11-7-12-20(14-19)28-2)22(25)23-15-18-10-6-9-17-8-4-5-13-21(17)18/h4-14,16H,15H2,1-3H3,(H,23,25)/t16-/m0/s1. The van der Waals surface area contributed by atoms with Gasteiger partial charge in [-0.2, -0.15) is 0 Å². The van der Waals surface area contributed by atoms with E-state index >= 15 is 0 Å². The van der Waals surface area contributed by atoms with E-state index in [1.54, 1.807) is 31.2 Å². The molecule has 0 heterocycles. The van der Waals surface area contributed by atoms with Crippen molar-refractivity contribution in [3.05, 3.63) is 72.3 Å². The highest BCUT2D eigenvalue weighted by molar-refractivity contribution is 7.92. The number of nitrogens with zero attached hydrogens (tertiary/aromatic N) is 1. The Kier molecular flexibility index (Phi) is 6.08. The number of rotatable bonds is 7. The van der Waals surface area contributed by atoms with Crippen molar-refractivity contribution in [2.24, 2.45) is 0 Å². The molecule has 29 heavy (non-hydrogen) atoms. The lowest BCUT2D eigenvalue weighted by atomic mass is 10.0. The molecule has 6 nitrogen and oxygen atoms in total. The fourth-order valence-corrected chi connectivity index (χ4v) is 4.50. The summed E-state index contributed by atoms with van der Waals surface area (Å²) in [6.07, 6.45) is 1.08. The number of fused-ring (bicyclic) bond motifs is 1. The predicted octanol–water partition coefficient (Wildman–Crippen LogP) is 3.32. The predicted molar refractivity (Wildman–Crippen MR) is 116 cm³/mol. The Morgan fingerprint density at radius 3 is 2.48 bits per heavy atom. The molecular formula is C22H24N2O4S. The van der Waals surface area contributed by atoms with Crippen molar-refractivity contribution in [1.82, 2.24) is 5.32 Å². The SMILES string of the molecule is COc1cccc(N([C@@H](C)C(=O)NCc2cccc3ccccc23)S(C)(=O)=O)c1. The summed E-state index contributed by atoms with van der Waals surface area (Å²) in [6, 6.07) is 19.5. The number of hydrogen-bond donors (Lipinski definition) is 1. The molecule has 0 aliphatic rings. The molecule has 0 aliphatic heterocycles. The summed E-state index contributed by atoms with van der Waals surface area (Å²) in [5.74, 6) is 0.130. The van der Waals surface area contributed by atoms with E-state index in [0.29, 0.717) is 18.0 Å². The molecule has 152 valence electrons. The third-order valence-electron chi connectivity index (χ3n) is 4.73. The number of carbonyl (C=O) groups is 1. The molecule has 7 heteroatoms. The van der Waals surface area contributed by atoms with Gasteiger partial charge in [-0.05, 0) is 35.4 Å². The first-order valence-corrected chi connectivity index (χ1v) is 11.0. The Morgan fingerprint density at radius 1 is 1.07 bits per heavy atom. The minimum atomic E-state index is -3.69. The molecule has 3 aromatic carbocycles. The Hall–Kier alpha value is -3.06. The molecule has 0 fully saturated rings. The van der Waals surface area contributed by atoms with Crippen LogP contribution >= 0.6 is 0 Å². The minimum Gasteiger partial charge on any atom is -0.497 e. The summed E-state index contributed by atoms with van der Waals surface area (Å²) in [5, 5.41) is 5.00. The van der Waals surface area contributed by atoms with Crippen LogP contribution in [0.1, 0.15) is 12.5 Å². The van der Waals surface area contributed by atoms with Crippen molar-refractivity contribution in [1.29, 1.82) is 0 Å². The topological polar surface area (TPSA) is 75.7 Å². The second-order valence-corrected chi connectivity index (χ2v) is 8.65. The van der Waals surface area contributed by atoms with Gasteiger partial charge >= 0.3 is 0 Å². The summed E-state index contributed by atoms with van der Waals surface area (Å²) in [4.78, 5) is 12.8. The maximum atomic E-state index is 12.8. The van der Waals surface area contributed by atoms with Gasteiger partial charge in [0.15, 0.2) is 0 Å². The highest BCUT2D eigenvalue weighted by atomic mass is 32.2. The van der Waals surface area contributed by atoms with Crippen molar-refractivity contribution in [3.8, 4) is 5.75 Å². The number of nitrogens with one attached hydrogen (secondary N) is 1. The summed E-state index contributed by atoms with van der Waals surface area (Å²) in [7, 11) is -2.18. The number of anilines is 1. The summed E-state index contributed by atoms with van der Waals surface area (Å²) < 4.78 is 31.2. The van der Waals surface area contributed by atoms with E-state index in [-0.39, 0.29) is 5.91 Å². The molecule has 0 saturated carbocycles. The zero-order chi connectivity index (χ0) is 21.0. The lowest BCUT2D eigenvalue weighted by molar-refractivity contribution is -0.122. The van der Waals surface area contributed by atoms with Gasteiger partial charge in [0.1, 0.15) is 11.8 Å². The quantitative estimate of drug-likeness (QED) is 0.646. The lowest BCUT2D eigenvalue weighted by Gasteiger charge is -2.28. The zero-order valence-corrected chi connectivity index (χ0v) is 17.4. The summed E-state index contributed by atoms with van der Waals surface area (Å²) in [5.41, 5.74) is 1.34. The second kappa shape index (κ2) is 8.53. The molecular weight excluding hydrogens is 388 g/mol. The largest absolute Gasteiger partial charge is 0.497 e. The molecule has 0 bridgehead atoms. The molecule has 0 saturated heterocycles. The van der Waals surface area contributed by atoms with Crippen LogP contribution < -0.4 is 14.4 Å². The Balaban J connectivity index is 1.82. The van der Waals surface area contributed by atoms with Gasteiger partial charge in [-0.25, -0.2) is 8.42 Å². The van der Waals surface area contributed by atoms with Gasteiger partial charge in [0, 0.05) is 12.6 Å². The van der Waals surface area contributed by atoms with E-state index in [2.05, 4.69) is 5.32 Å². The Labute approximate surface area is 171 Å². The lowest BCUT2D eigenvalue weighted by Crippen LogP contribution is -2.47. The van der Waals surface area contributed by atoms with Crippen LogP contribution in [0, 0.1) is 0 Å². The highest BCUT2D eigenvalue weighted by Gasteiger charge is 2.29. The number of ether oxygens (including phenoxy) is 1. The van der Waals surface area contributed by atoms with Crippen molar-refractivity contribution in [2.45, 2.75) is 19.5 Å². The van der Waals surface area contributed by atoms with Crippen LogP contribution in [0.15, 0.2) is 66.7 Å². The molecule has 1 N–H and O–H groups in total. The van der Waals surface area contributed by atoms with Crippen molar-refractivity contribution in [3.63, 3.8) is 0 Å². The third kappa shape index (κ3) is 4.68. The molecule has 0 aromatic heterocycles. The van der Waals surface area contributed by atoms with Gasteiger partial charge < -0.3 is 10.1 Å². The molecule has 3 rings (SSSR count). The number of amides is 1. The first-order chi connectivity index (χ1) is 13.8. The zero-order valence-electron chi connectivity index (χ0n) is 16.6. The van der Waals surface area contributed by atoms with E-state index in [0.717, 1.165) is 26.9 Å².